The number of rotatable bonds is 0. The van der Waals surface area contributed by atoms with Gasteiger partial charge in [-0.3, -0.25) is 0 Å². The highest BCUT2D eigenvalue weighted by molar-refractivity contribution is 7.73. The van der Waals surface area contributed by atoms with E-state index in [-0.39, 0.29) is 6.04 Å². The van der Waals surface area contributed by atoms with Gasteiger partial charge in [0, 0.05) is 11.5 Å². The van der Waals surface area contributed by atoms with Crippen LogP contribution in [0.25, 0.3) is 0 Å². The second-order valence-electron chi connectivity index (χ2n) is 3.09. The number of dihydropyridines is 1. The summed E-state index contributed by atoms with van der Waals surface area (Å²) in [5.74, 6) is 0. The number of allylic oxidation sites excluding steroid dienone is 3. The summed E-state index contributed by atoms with van der Waals surface area (Å²) in [6.45, 7) is 0. The second kappa shape index (κ2) is 3.63. The average molecular weight is 230 g/mol. The molecule has 3 nitrogen and oxygen atoms in total. The van der Waals surface area contributed by atoms with E-state index in [2.05, 4.69) is 5.32 Å². The molecule has 1 N–H and O–H groups in total. The summed E-state index contributed by atoms with van der Waals surface area (Å²) < 4.78 is 21.5. The van der Waals surface area contributed by atoms with Crippen LogP contribution in [0.2, 0.25) is 0 Å². The third kappa shape index (κ3) is 1.63. The number of nitrogens with one attached hydrogen (secondary N) is 1. The minimum atomic E-state index is -2.15. The molecule has 74 valence electrons. The van der Waals surface area contributed by atoms with Crippen LogP contribution in [-0.2, 0) is 10.3 Å². The van der Waals surface area contributed by atoms with Gasteiger partial charge in [0.2, 0.25) is 10.3 Å². The molecule has 14 heavy (non-hydrogen) atoms. The molecule has 0 aromatic rings. The largest absolute Gasteiger partial charge is 0.381 e. The van der Waals surface area contributed by atoms with Gasteiger partial charge in [0.05, 0.1) is 10.9 Å². The van der Waals surface area contributed by atoms with Crippen molar-refractivity contribution in [3.05, 3.63) is 35.0 Å². The van der Waals surface area contributed by atoms with Crippen molar-refractivity contribution >= 4 is 26.8 Å². The Labute approximate surface area is 88.3 Å². The topological polar surface area (TPSA) is 46.2 Å². The van der Waals surface area contributed by atoms with Crippen LogP contribution in [0.4, 0.5) is 0 Å². The van der Waals surface area contributed by atoms with Crippen molar-refractivity contribution in [1.82, 2.24) is 5.32 Å². The molecule has 0 radical (unpaired) electrons. The van der Waals surface area contributed by atoms with Crippen LogP contribution in [0, 0.1) is 0 Å². The SMILES string of the molecule is O=S(=O)=C1C=CC2NC=CC(Cl)=C2C1. The predicted octanol–water partition coefficient (Wildman–Crippen LogP) is 0.976. The molecule has 0 aromatic carbocycles. The normalized spacial score (nSPS) is 24.6. The van der Waals surface area contributed by atoms with Crippen LogP contribution in [-0.4, -0.2) is 19.3 Å². The lowest BCUT2D eigenvalue weighted by Crippen LogP contribution is -2.31. The van der Waals surface area contributed by atoms with Gasteiger partial charge in [0.1, 0.15) is 0 Å². The van der Waals surface area contributed by atoms with Crippen LogP contribution in [0.1, 0.15) is 6.42 Å². The highest BCUT2D eigenvalue weighted by Crippen LogP contribution is 2.25. The zero-order valence-electron chi connectivity index (χ0n) is 7.20. The number of hydrogen-bond donors (Lipinski definition) is 1. The van der Waals surface area contributed by atoms with Gasteiger partial charge >= 0.3 is 0 Å². The van der Waals surface area contributed by atoms with E-state index in [0.29, 0.717) is 16.3 Å². The van der Waals surface area contributed by atoms with Crippen molar-refractivity contribution in [3.8, 4) is 0 Å². The predicted molar refractivity (Wildman–Crippen MR) is 56.6 cm³/mol. The second-order valence-corrected chi connectivity index (χ2v) is 4.49. The van der Waals surface area contributed by atoms with Crippen LogP contribution < -0.4 is 5.32 Å². The molecule has 1 atom stereocenters. The summed E-state index contributed by atoms with van der Waals surface area (Å²) in [5, 5.41) is 3.71. The minimum Gasteiger partial charge on any atom is -0.381 e. The standard InChI is InChI=1S/C9H8ClNO2S/c10-8-3-4-11-9-2-1-6(14(12)13)5-7(8)9/h1-4,9,11H,5H2. The Morgan fingerprint density at radius 1 is 1.43 bits per heavy atom. The Kier molecular flexibility index (Phi) is 2.48. The molecule has 1 aliphatic heterocycles. The van der Waals surface area contributed by atoms with E-state index < -0.39 is 10.3 Å². The fraction of sp³-hybridized carbons (Fsp3) is 0.222. The van der Waals surface area contributed by atoms with Crippen molar-refractivity contribution in [2.24, 2.45) is 0 Å². The fourth-order valence-electron chi connectivity index (χ4n) is 1.51. The lowest BCUT2D eigenvalue weighted by atomic mass is 9.94. The Balaban J connectivity index is 2.49. The van der Waals surface area contributed by atoms with E-state index in [9.17, 15) is 8.42 Å². The first kappa shape index (κ1) is 9.55. The average Bonchev–Trinajstić information content (AvgIpc) is 2.18. The van der Waals surface area contributed by atoms with Gasteiger partial charge in [-0.2, -0.15) is 8.42 Å². The summed E-state index contributed by atoms with van der Waals surface area (Å²) in [5.41, 5.74) is 0.913. The van der Waals surface area contributed by atoms with E-state index >= 15 is 0 Å². The van der Waals surface area contributed by atoms with Gasteiger partial charge in [0.15, 0.2) is 0 Å². The third-order valence-corrected chi connectivity index (χ3v) is 3.32. The van der Waals surface area contributed by atoms with E-state index in [0.717, 1.165) is 5.57 Å². The van der Waals surface area contributed by atoms with Crippen molar-refractivity contribution in [2.75, 3.05) is 0 Å². The van der Waals surface area contributed by atoms with E-state index in [1.165, 1.54) is 0 Å². The van der Waals surface area contributed by atoms with Gasteiger partial charge in [-0.15, -0.1) is 0 Å². The first-order chi connectivity index (χ1) is 6.68. The molecule has 0 aromatic heterocycles. The van der Waals surface area contributed by atoms with Crippen LogP contribution >= 0.6 is 11.6 Å². The molecular formula is C9H8ClNO2S. The summed E-state index contributed by atoms with van der Waals surface area (Å²) in [7, 11) is -2.15. The van der Waals surface area contributed by atoms with Crippen molar-refractivity contribution in [1.29, 1.82) is 0 Å². The molecule has 0 fully saturated rings. The number of halogens is 1. The molecule has 0 saturated carbocycles. The summed E-state index contributed by atoms with van der Waals surface area (Å²) >= 11 is 5.96. The van der Waals surface area contributed by atoms with Gasteiger partial charge in [-0.05, 0) is 23.9 Å². The molecule has 1 heterocycles. The Hall–Kier alpha value is -1.00. The van der Waals surface area contributed by atoms with Gasteiger partial charge < -0.3 is 5.32 Å². The minimum absolute atomic E-state index is 0.0415. The molecular weight excluding hydrogens is 222 g/mol. The lowest BCUT2D eigenvalue weighted by molar-refractivity contribution is 0.626. The van der Waals surface area contributed by atoms with E-state index in [4.69, 9.17) is 11.6 Å². The number of fused-ring (bicyclic) bond motifs is 1. The zero-order chi connectivity index (χ0) is 10.1. The summed E-state index contributed by atoms with van der Waals surface area (Å²) in [4.78, 5) is 0.381. The molecule has 5 heteroatoms. The monoisotopic (exact) mass is 229 g/mol. The summed E-state index contributed by atoms with van der Waals surface area (Å²) in [6.07, 6.45) is 7.31. The van der Waals surface area contributed by atoms with Crippen LogP contribution in [0.15, 0.2) is 35.0 Å². The molecule has 2 rings (SSSR count). The third-order valence-electron chi connectivity index (χ3n) is 2.24. The Morgan fingerprint density at radius 3 is 2.93 bits per heavy atom. The first-order valence-corrected chi connectivity index (χ1v) is 5.58. The number of hydrogen-bond acceptors (Lipinski definition) is 3. The molecule has 1 unspecified atom stereocenters. The van der Waals surface area contributed by atoms with E-state index in [1.54, 1.807) is 24.4 Å². The zero-order valence-corrected chi connectivity index (χ0v) is 8.77. The molecule has 0 bridgehead atoms. The smallest absolute Gasteiger partial charge is 0.217 e. The van der Waals surface area contributed by atoms with Gasteiger partial charge in [-0.25, -0.2) is 0 Å². The summed E-state index contributed by atoms with van der Waals surface area (Å²) in [6, 6.07) is 0.0415. The van der Waals surface area contributed by atoms with Crippen molar-refractivity contribution in [2.45, 2.75) is 12.5 Å². The van der Waals surface area contributed by atoms with Gasteiger partial charge in [-0.1, -0.05) is 17.7 Å². The molecule has 0 amide bonds. The van der Waals surface area contributed by atoms with E-state index in [1.807, 2.05) is 0 Å². The lowest BCUT2D eigenvalue weighted by Gasteiger charge is -2.24. The first-order valence-electron chi connectivity index (χ1n) is 4.13. The van der Waals surface area contributed by atoms with Crippen LogP contribution in [0.3, 0.4) is 0 Å². The maximum absolute atomic E-state index is 10.7. The molecule has 2 aliphatic rings. The highest BCUT2D eigenvalue weighted by Gasteiger charge is 2.21. The molecule has 1 aliphatic carbocycles. The Morgan fingerprint density at radius 2 is 2.21 bits per heavy atom. The van der Waals surface area contributed by atoms with Crippen LogP contribution in [0.5, 0.6) is 0 Å². The molecule has 0 saturated heterocycles. The van der Waals surface area contributed by atoms with Crippen molar-refractivity contribution < 1.29 is 8.42 Å². The Bertz CT molecular complexity index is 477. The maximum atomic E-state index is 10.7. The quantitative estimate of drug-likeness (QED) is 0.630. The van der Waals surface area contributed by atoms with Crippen molar-refractivity contribution in [3.63, 3.8) is 0 Å². The maximum Gasteiger partial charge on any atom is 0.217 e. The molecule has 0 spiro atoms. The van der Waals surface area contributed by atoms with Gasteiger partial charge in [0.25, 0.3) is 0 Å². The fourth-order valence-corrected chi connectivity index (χ4v) is 2.22. The highest BCUT2D eigenvalue weighted by atomic mass is 35.5.